The number of hydrogen-bond donors (Lipinski definition) is 2. The number of hydrogen-bond acceptors (Lipinski definition) is 3. The van der Waals surface area contributed by atoms with E-state index in [0.29, 0.717) is 18.7 Å². The van der Waals surface area contributed by atoms with Crippen LogP contribution < -0.4 is 10.6 Å². The largest absolute Gasteiger partial charge is 0.351 e. The van der Waals surface area contributed by atoms with Crippen molar-refractivity contribution < 1.29 is 13.6 Å². The van der Waals surface area contributed by atoms with Gasteiger partial charge in [-0.2, -0.15) is 0 Å². The number of rotatable bonds is 5. The van der Waals surface area contributed by atoms with Gasteiger partial charge in [-0.25, -0.2) is 8.78 Å². The molecule has 0 unspecified atom stereocenters. The first-order valence-electron chi connectivity index (χ1n) is 7.03. The van der Waals surface area contributed by atoms with Crippen LogP contribution in [0.4, 0.5) is 8.78 Å². The normalized spacial score (nSPS) is 19.9. The van der Waals surface area contributed by atoms with Crippen LogP contribution in [0.5, 0.6) is 0 Å². The molecule has 0 aliphatic carbocycles. The third-order valence-corrected chi connectivity index (χ3v) is 3.46. The molecule has 1 fully saturated rings. The first-order valence-corrected chi connectivity index (χ1v) is 7.03. The lowest BCUT2D eigenvalue weighted by atomic mass is 10.1. The molecule has 0 spiro atoms. The van der Waals surface area contributed by atoms with Gasteiger partial charge in [0.05, 0.1) is 6.04 Å². The first kappa shape index (κ1) is 22.1. The molecule has 1 heterocycles. The standard InChI is InChI=1S/C15H21F2N3O.2ClH/c1-20(2)9-11-5-10(3-4-13(11)17)7-19-15(21)14-6-12(16)8-18-14;;/h3-5,12,14,18H,6-9H2,1-2H3,(H,19,21);2*1H/t12-,14+;;/m0../s1. The van der Waals surface area contributed by atoms with E-state index in [9.17, 15) is 13.6 Å². The molecule has 0 radical (unpaired) electrons. The molecule has 132 valence electrons. The predicted octanol–water partition coefficient (Wildman–Crippen LogP) is 2.05. The molecule has 2 atom stereocenters. The summed E-state index contributed by atoms with van der Waals surface area (Å²) in [5.74, 6) is -0.467. The maximum atomic E-state index is 13.7. The number of nitrogens with zero attached hydrogens (tertiary/aromatic N) is 1. The molecular weight excluding hydrogens is 347 g/mol. The highest BCUT2D eigenvalue weighted by Gasteiger charge is 2.28. The second kappa shape index (κ2) is 10.0. The summed E-state index contributed by atoms with van der Waals surface area (Å²) in [5, 5.41) is 5.59. The van der Waals surface area contributed by atoms with Gasteiger partial charge in [-0.05, 0) is 31.8 Å². The quantitative estimate of drug-likeness (QED) is 0.834. The van der Waals surface area contributed by atoms with E-state index in [1.54, 1.807) is 12.1 Å². The van der Waals surface area contributed by atoms with E-state index in [0.717, 1.165) is 5.56 Å². The number of nitrogens with one attached hydrogen (secondary N) is 2. The van der Waals surface area contributed by atoms with Crippen molar-refractivity contribution in [2.75, 3.05) is 20.6 Å². The molecule has 4 nitrogen and oxygen atoms in total. The highest BCUT2D eigenvalue weighted by Crippen LogP contribution is 2.13. The summed E-state index contributed by atoms with van der Waals surface area (Å²) < 4.78 is 26.7. The number of alkyl halides is 1. The monoisotopic (exact) mass is 369 g/mol. The summed E-state index contributed by atoms with van der Waals surface area (Å²) in [6.07, 6.45) is -0.750. The topological polar surface area (TPSA) is 44.4 Å². The molecular formula is C15H23Cl2F2N3O. The maximum absolute atomic E-state index is 13.7. The van der Waals surface area contributed by atoms with Crippen LogP contribution in [-0.4, -0.2) is 43.7 Å². The van der Waals surface area contributed by atoms with Crippen LogP contribution in [0, 0.1) is 5.82 Å². The van der Waals surface area contributed by atoms with E-state index < -0.39 is 12.2 Å². The third kappa shape index (κ3) is 6.59. The minimum Gasteiger partial charge on any atom is -0.351 e. The van der Waals surface area contributed by atoms with Gasteiger partial charge in [0.2, 0.25) is 5.91 Å². The Kier molecular flexibility index (Phi) is 9.61. The van der Waals surface area contributed by atoms with E-state index in [1.807, 2.05) is 19.0 Å². The molecule has 8 heteroatoms. The smallest absolute Gasteiger partial charge is 0.237 e. The van der Waals surface area contributed by atoms with E-state index >= 15 is 0 Å². The molecule has 1 aliphatic rings. The summed E-state index contributed by atoms with van der Waals surface area (Å²) in [5.41, 5.74) is 1.42. The summed E-state index contributed by atoms with van der Waals surface area (Å²) in [6.45, 7) is 1.04. The SMILES string of the molecule is CN(C)Cc1cc(CNC(=O)[C@H]2C[C@H](F)CN2)ccc1F.Cl.Cl. The van der Waals surface area contributed by atoms with Gasteiger partial charge < -0.3 is 15.5 Å². The molecule has 1 aromatic rings. The van der Waals surface area contributed by atoms with Crippen molar-refractivity contribution in [3.8, 4) is 0 Å². The van der Waals surface area contributed by atoms with Crippen LogP contribution in [0.2, 0.25) is 0 Å². The number of amides is 1. The van der Waals surface area contributed by atoms with Crippen LogP contribution in [0.1, 0.15) is 17.5 Å². The van der Waals surface area contributed by atoms with E-state index in [4.69, 9.17) is 0 Å². The van der Waals surface area contributed by atoms with Crippen molar-refractivity contribution in [3.05, 3.63) is 35.1 Å². The fourth-order valence-electron chi connectivity index (χ4n) is 2.40. The summed E-state index contributed by atoms with van der Waals surface area (Å²) in [7, 11) is 3.74. The molecule has 1 aliphatic heterocycles. The highest BCUT2D eigenvalue weighted by atomic mass is 35.5. The zero-order valence-electron chi connectivity index (χ0n) is 13.1. The average Bonchev–Trinajstić information content (AvgIpc) is 2.85. The van der Waals surface area contributed by atoms with Crippen molar-refractivity contribution in [2.45, 2.75) is 31.7 Å². The predicted molar refractivity (Wildman–Crippen MR) is 91.4 cm³/mol. The Bertz CT molecular complexity index is 517. The van der Waals surface area contributed by atoms with Gasteiger partial charge in [-0.15, -0.1) is 24.8 Å². The first-order chi connectivity index (χ1) is 9.95. The Labute approximate surface area is 147 Å². The summed E-state index contributed by atoms with van der Waals surface area (Å²) in [6, 6.07) is 4.33. The Balaban J connectivity index is 0.00000242. The van der Waals surface area contributed by atoms with E-state index in [1.165, 1.54) is 6.07 Å². The maximum Gasteiger partial charge on any atom is 0.237 e. The number of carbonyl (C=O) groups excluding carboxylic acids is 1. The molecule has 0 aromatic heterocycles. The number of benzene rings is 1. The fraction of sp³-hybridized carbons (Fsp3) is 0.533. The summed E-state index contributed by atoms with van der Waals surface area (Å²) >= 11 is 0. The van der Waals surface area contributed by atoms with Gasteiger partial charge in [0.25, 0.3) is 0 Å². The zero-order chi connectivity index (χ0) is 15.4. The van der Waals surface area contributed by atoms with Crippen LogP contribution in [-0.2, 0) is 17.9 Å². The molecule has 23 heavy (non-hydrogen) atoms. The van der Waals surface area contributed by atoms with Gasteiger partial charge in [-0.3, -0.25) is 4.79 Å². The fourth-order valence-corrected chi connectivity index (χ4v) is 2.40. The van der Waals surface area contributed by atoms with Crippen molar-refractivity contribution in [1.29, 1.82) is 0 Å². The molecule has 0 saturated carbocycles. The van der Waals surface area contributed by atoms with Crippen molar-refractivity contribution in [2.24, 2.45) is 0 Å². The van der Waals surface area contributed by atoms with Crippen molar-refractivity contribution in [3.63, 3.8) is 0 Å². The third-order valence-electron chi connectivity index (χ3n) is 3.46. The van der Waals surface area contributed by atoms with E-state index in [2.05, 4.69) is 10.6 Å². The van der Waals surface area contributed by atoms with Gasteiger partial charge >= 0.3 is 0 Å². The van der Waals surface area contributed by atoms with Crippen LogP contribution >= 0.6 is 24.8 Å². The lowest BCUT2D eigenvalue weighted by Gasteiger charge is -2.14. The molecule has 2 rings (SSSR count). The second-order valence-electron chi connectivity index (χ2n) is 5.68. The average molecular weight is 370 g/mol. The van der Waals surface area contributed by atoms with Gasteiger partial charge in [0, 0.05) is 31.6 Å². The van der Waals surface area contributed by atoms with Crippen LogP contribution in [0.25, 0.3) is 0 Å². The van der Waals surface area contributed by atoms with Crippen molar-refractivity contribution in [1.82, 2.24) is 15.5 Å². The minimum atomic E-state index is -0.960. The Morgan fingerprint density at radius 3 is 2.65 bits per heavy atom. The zero-order valence-corrected chi connectivity index (χ0v) is 14.8. The van der Waals surface area contributed by atoms with Gasteiger partial charge in [0.1, 0.15) is 12.0 Å². The molecule has 1 aromatic carbocycles. The van der Waals surface area contributed by atoms with Crippen molar-refractivity contribution >= 4 is 30.7 Å². The molecule has 0 bridgehead atoms. The number of halogens is 4. The Morgan fingerprint density at radius 2 is 2.09 bits per heavy atom. The Morgan fingerprint density at radius 1 is 1.39 bits per heavy atom. The van der Waals surface area contributed by atoms with Crippen LogP contribution in [0.15, 0.2) is 18.2 Å². The van der Waals surface area contributed by atoms with Crippen LogP contribution in [0.3, 0.4) is 0 Å². The molecule has 1 amide bonds. The Hall–Kier alpha value is -0.950. The number of carbonyl (C=O) groups is 1. The van der Waals surface area contributed by atoms with Gasteiger partial charge in [0.15, 0.2) is 0 Å². The summed E-state index contributed by atoms with van der Waals surface area (Å²) in [4.78, 5) is 13.8. The second-order valence-corrected chi connectivity index (χ2v) is 5.68. The van der Waals surface area contributed by atoms with Gasteiger partial charge in [-0.1, -0.05) is 6.07 Å². The van der Waals surface area contributed by atoms with E-state index in [-0.39, 0.29) is 49.5 Å². The minimum absolute atomic E-state index is 0. The molecule has 2 N–H and O–H groups in total. The lowest BCUT2D eigenvalue weighted by Crippen LogP contribution is -2.40. The molecule has 1 saturated heterocycles. The highest BCUT2D eigenvalue weighted by molar-refractivity contribution is 5.85. The lowest BCUT2D eigenvalue weighted by molar-refractivity contribution is -0.123.